The van der Waals surface area contributed by atoms with Crippen LogP contribution in [-0.2, 0) is 19.6 Å². The van der Waals surface area contributed by atoms with Gasteiger partial charge in [0.2, 0.25) is 0 Å². The lowest BCUT2D eigenvalue weighted by Gasteiger charge is -2.11. The van der Waals surface area contributed by atoms with Crippen molar-refractivity contribution in [2.75, 3.05) is 19.4 Å². The molecule has 0 aliphatic carbocycles. The molecule has 2 rings (SSSR count). The van der Waals surface area contributed by atoms with E-state index in [1.165, 1.54) is 23.2 Å². The molecule has 0 saturated carbocycles. The summed E-state index contributed by atoms with van der Waals surface area (Å²) in [6, 6.07) is 10.8. The molecule has 1 N–H and O–H groups in total. The van der Waals surface area contributed by atoms with Gasteiger partial charge in [-0.15, -0.1) is 0 Å². The van der Waals surface area contributed by atoms with Crippen LogP contribution in [0.1, 0.15) is 24.5 Å². The van der Waals surface area contributed by atoms with Crippen molar-refractivity contribution >= 4 is 5.69 Å². The van der Waals surface area contributed by atoms with Gasteiger partial charge in [-0.1, -0.05) is 19.1 Å². The van der Waals surface area contributed by atoms with Crippen LogP contribution in [0.2, 0.25) is 0 Å². The number of benzene rings is 1. The zero-order valence-electron chi connectivity index (χ0n) is 12.8. The molecule has 0 radical (unpaired) electrons. The van der Waals surface area contributed by atoms with Crippen molar-refractivity contribution in [3.8, 4) is 0 Å². The maximum Gasteiger partial charge on any atom is 0.0415 e. The van der Waals surface area contributed by atoms with Crippen molar-refractivity contribution in [3.63, 3.8) is 0 Å². The quantitative estimate of drug-likeness (QED) is 0.830. The van der Waals surface area contributed by atoms with E-state index in [0.717, 1.165) is 19.6 Å². The molecule has 0 amide bonds. The molecule has 0 aliphatic rings. The Hall–Kier alpha value is -1.74. The first-order chi connectivity index (χ1) is 9.67. The molecule has 0 unspecified atom stereocenters. The second-order valence-corrected chi connectivity index (χ2v) is 5.55. The number of rotatable bonds is 7. The average Bonchev–Trinajstić information content (AvgIpc) is 2.84. The molecule has 0 atom stereocenters. The minimum Gasteiger partial charge on any atom is -0.381 e. The maximum absolute atomic E-state index is 3.50. The summed E-state index contributed by atoms with van der Waals surface area (Å²) in [6.45, 7) is 5.15. The van der Waals surface area contributed by atoms with Crippen LogP contribution in [0.4, 0.5) is 5.69 Å². The van der Waals surface area contributed by atoms with Gasteiger partial charge in [0, 0.05) is 37.7 Å². The minimum atomic E-state index is 0.877. The fourth-order valence-electron chi connectivity index (χ4n) is 2.34. The summed E-state index contributed by atoms with van der Waals surface area (Å²) in [5.74, 6) is 0. The average molecular weight is 271 g/mol. The normalized spacial score (nSPS) is 11.0. The summed E-state index contributed by atoms with van der Waals surface area (Å²) < 4.78 is 2.25. The topological polar surface area (TPSA) is 20.2 Å². The van der Waals surface area contributed by atoms with E-state index >= 15 is 0 Å². The molecule has 0 saturated heterocycles. The Morgan fingerprint density at radius 2 is 2.00 bits per heavy atom. The monoisotopic (exact) mass is 271 g/mol. The van der Waals surface area contributed by atoms with Crippen LogP contribution in [0.25, 0.3) is 0 Å². The lowest BCUT2D eigenvalue weighted by atomic mass is 10.2. The van der Waals surface area contributed by atoms with E-state index in [1.54, 1.807) is 0 Å². The molecule has 0 aliphatic heterocycles. The predicted molar refractivity (Wildman–Crippen MR) is 85.9 cm³/mol. The number of aryl methyl sites for hydroxylation is 1. The molecular formula is C17H25N3. The second-order valence-electron chi connectivity index (χ2n) is 5.55. The third kappa shape index (κ3) is 4.42. The summed E-state index contributed by atoms with van der Waals surface area (Å²) >= 11 is 0. The summed E-state index contributed by atoms with van der Waals surface area (Å²) in [5.41, 5.74) is 3.85. The highest BCUT2D eigenvalue weighted by Crippen LogP contribution is 2.13. The van der Waals surface area contributed by atoms with E-state index in [0.29, 0.717) is 0 Å². The highest BCUT2D eigenvalue weighted by molar-refractivity contribution is 5.46. The molecule has 108 valence electrons. The third-order valence-corrected chi connectivity index (χ3v) is 3.22. The van der Waals surface area contributed by atoms with Gasteiger partial charge in [-0.25, -0.2) is 0 Å². The lowest BCUT2D eigenvalue weighted by molar-refractivity contribution is 0.402. The van der Waals surface area contributed by atoms with Crippen LogP contribution in [0, 0.1) is 0 Å². The molecule has 0 spiro atoms. The lowest BCUT2D eigenvalue weighted by Crippen LogP contribution is -2.10. The molecule has 2 aromatic rings. The van der Waals surface area contributed by atoms with E-state index in [4.69, 9.17) is 0 Å². The Morgan fingerprint density at radius 1 is 1.15 bits per heavy atom. The number of hydrogen-bond donors (Lipinski definition) is 1. The van der Waals surface area contributed by atoms with Crippen molar-refractivity contribution in [1.82, 2.24) is 9.47 Å². The first-order valence-corrected chi connectivity index (χ1v) is 7.29. The Labute approximate surface area is 122 Å². The Balaban J connectivity index is 1.92. The largest absolute Gasteiger partial charge is 0.381 e. The minimum absolute atomic E-state index is 0.877. The summed E-state index contributed by atoms with van der Waals surface area (Å²) in [6.07, 6.45) is 5.55. The van der Waals surface area contributed by atoms with Gasteiger partial charge in [-0.3, -0.25) is 0 Å². The Bertz CT molecular complexity index is 529. The molecule has 3 heteroatoms. The van der Waals surface area contributed by atoms with Gasteiger partial charge in [0.15, 0.2) is 0 Å². The molecule has 3 nitrogen and oxygen atoms in total. The van der Waals surface area contributed by atoms with Crippen molar-refractivity contribution in [2.24, 2.45) is 0 Å². The third-order valence-electron chi connectivity index (χ3n) is 3.22. The highest BCUT2D eigenvalue weighted by atomic mass is 15.0. The highest BCUT2D eigenvalue weighted by Gasteiger charge is 1.99. The predicted octanol–water partition coefficient (Wildman–Crippen LogP) is 3.57. The fourth-order valence-corrected chi connectivity index (χ4v) is 2.34. The van der Waals surface area contributed by atoms with E-state index in [2.05, 4.69) is 78.5 Å². The van der Waals surface area contributed by atoms with E-state index in [1.807, 2.05) is 0 Å². The number of nitrogens with zero attached hydrogens (tertiary/aromatic N) is 2. The van der Waals surface area contributed by atoms with Crippen LogP contribution >= 0.6 is 0 Å². The van der Waals surface area contributed by atoms with E-state index < -0.39 is 0 Å². The van der Waals surface area contributed by atoms with Gasteiger partial charge < -0.3 is 14.8 Å². The van der Waals surface area contributed by atoms with Crippen molar-refractivity contribution in [1.29, 1.82) is 0 Å². The summed E-state index contributed by atoms with van der Waals surface area (Å²) in [7, 11) is 4.19. The summed E-state index contributed by atoms with van der Waals surface area (Å²) in [5, 5.41) is 3.50. The van der Waals surface area contributed by atoms with Crippen molar-refractivity contribution in [3.05, 3.63) is 53.9 Å². The van der Waals surface area contributed by atoms with E-state index in [-0.39, 0.29) is 0 Å². The van der Waals surface area contributed by atoms with Gasteiger partial charge in [-0.05, 0) is 49.8 Å². The second kappa shape index (κ2) is 7.15. The van der Waals surface area contributed by atoms with Crippen LogP contribution in [-0.4, -0.2) is 23.6 Å². The molecule has 0 bridgehead atoms. The van der Waals surface area contributed by atoms with Crippen molar-refractivity contribution < 1.29 is 0 Å². The van der Waals surface area contributed by atoms with Crippen LogP contribution in [0.15, 0.2) is 42.7 Å². The number of aromatic nitrogens is 1. The SMILES string of the molecule is CCCn1ccc(CNc2cccc(CN(C)C)c2)c1. The molecule has 1 aromatic heterocycles. The van der Waals surface area contributed by atoms with Gasteiger partial charge in [0.25, 0.3) is 0 Å². The fraction of sp³-hybridized carbons (Fsp3) is 0.412. The first-order valence-electron chi connectivity index (χ1n) is 7.29. The van der Waals surface area contributed by atoms with Crippen LogP contribution in [0.3, 0.4) is 0 Å². The molecule has 20 heavy (non-hydrogen) atoms. The molecule has 0 fully saturated rings. The first kappa shape index (κ1) is 14.7. The molecule has 1 heterocycles. The van der Waals surface area contributed by atoms with Crippen LogP contribution in [0.5, 0.6) is 0 Å². The standard InChI is InChI=1S/C17H25N3/c1-4-9-20-10-8-16(14-20)12-18-17-7-5-6-15(11-17)13-19(2)3/h5-8,10-11,14,18H,4,9,12-13H2,1-3H3. The van der Waals surface area contributed by atoms with E-state index in [9.17, 15) is 0 Å². The maximum atomic E-state index is 3.50. The zero-order valence-corrected chi connectivity index (χ0v) is 12.8. The number of nitrogens with one attached hydrogen (secondary N) is 1. The zero-order chi connectivity index (χ0) is 14.4. The van der Waals surface area contributed by atoms with Crippen LogP contribution < -0.4 is 5.32 Å². The molecular weight excluding hydrogens is 246 g/mol. The van der Waals surface area contributed by atoms with Gasteiger partial charge in [0.1, 0.15) is 0 Å². The number of anilines is 1. The van der Waals surface area contributed by atoms with Gasteiger partial charge >= 0.3 is 0 Å². The number of hydrogen-bond acceptors (Lipinski definition) is 2. The van der Waals surface area contributed by atoms with Gasteiger partial charge in [0.05, 0.1) is 0 Å². The molecule has 1 aromatic carbocycles. The van der Waals surface area contributed by atoms with Gasteiger partial charge in [-0.2, -0.15) is 0 Å². The van der Waals surface area contributed by atoms with Crippen molar-refractivity contribution in [2.45, 2.75) is 33.0 Å². The Morgan fingerprint density at radius 3 is 2.75 bits per heavy atom. The Kier molecular flexibility index (Phi) is 5.24. The smallest absolute Gasteiger partial charge is 0.0415 e. The summed E-state index contributed by atoms with van der Waals surface area (Å²) in [4.78, 5) is 2.18.